The molecular formula is C16H26N2O4S. The van der Waals surface area contributed by atoms with Crippen molar-refractivity contribution in [1.29, 1.82) is 0 Å². The van der Waals surface area contributed by atoms with Gasteiger partial charge in [0.25, 0.3) is 0 Å². The summed E-state index contributed by atoms with van der Waals surface area (Å²) in [6.45, 7) is 6.74. The number of sulfonamides is 1. The predicted molar refractivity (Wildman–Crippen MR) is 89.3 cm³/mol. The van der Waals surface area contributed by atoms with Crippen LogP contribution in [0.15, 0.2) is 29.2 Å². The Morgan fingerprint density at radius 3 is 2.30 bits per heavy atom. The minimum Gasteiger partial charge on any atom is -0.494 e. The van der Waals surface area contributed by atoms with E-state index in [4.69, 9.17) is 9.47 Å². The third-order valence-electron chi connectivity index (χ3n) is 3.93. The molecule has 0 aliphatic carbocycles. The van der Waals surface area contributed by atoms with Crippen molar-refractivity contribution in [2.45, 2.75) is 18.2 Å². The molecule has 1 fully saturated rings. The first-order valence-corrected chi connectivity index (χ1v) is 9.46. The Kier molecular flexibility index (Phi) is 6.83. The Labute approximate surface area is 139 Å². The van der Waals surface area contributed by atoms with Crippen molar-refractivity contribution < 1.29 is 17.9 Å². The summed E-state index contributed by atoms with van der Waals surface area (Å²) >= 11 is 0. The molecule has 0 atom stereocenters. The lowest BCUT2D eigenvalue weighted by molar-refractivity contribution is 0.149. The summed E-state index contributed by atoms with van der Waals surface area (Å²) in [6.07, 6.45) is 0.974. The standard InChI is InChI=1S/C16H26N2O4S/c1-3-22-15-5-7-16(8-6-15)23(19,20)18-12-10-17(11-13-18)9-4-14-21-2/h5-8H,3-4,9-14H2,1-2H3. The van der Waals surface area contributed by atoms with Gasteiger partial charge in [0.05, 0.1) is 11.5 Å². The number of nitrogens with zero attached hydrogens (tertiary/aromatic N) is 2. The molecule has 1 aliphatic heterocycles. The van der Waals surface area contributed by atoms with Crippen molar-refractivity contribution in [2.75, 3.05) is 53.0 Å². The van der Waals surface area contributed by atoms with E-state index in [1.54, 1.807) is 35.7 Å². The molecule has 2 rings (SSSR count). The van der Waals surface area contributed by atoms with Crippen molar-refractivity contribution in [2.24, 2.45) is 0 Å². The second kappa shape index (κ2) is 8.63. The quantitative estimate of drug-likeness (QED) is 0.669. The Morgan fingerprint density at radius 1 is 1.09 bits per heavy atom. The molecule has 0 unspecified atom stereocenters. The van der Waals surface area contributed by atoms with Gasteiger partial charge in [0.1, 0.15) is 5.75 Å². The molecule has 0 N–H and O–H groups in total. The van der Waals surface area contributed by atoms with Crippen LogP contribution >= 0.6 is 0 Å². The van der Waals surface area contributed by atoms with Gasteiger partial charge in [-0.1, -0.05) is 0 Å². The van der Waals surface area contributed by atoms with Crippen LogP contribution in [0.1, 0.15) is 13.3 Å². The average Bonchev–Trinajstić information content (AvgIpc) is 2.56. The smallest absolute Gasteiger partial charge is 0.243 e. The Morgan fingerprint density at radius 2 is 1.74 bits per heavy atom. The molecule has 23 heavy (non-hydrogen) atoms. The van der Waals surface area contributed by atoms with E-state index < -0.39 is 10.0 Å². The van der Waals surface area contributed by atoms with Crippen LogP contribution in [0.5, 0.6) is 5.75 Å². The molecule has 1 heterocycles. The maximum absolute atomic E-state index is 12.7. The monoisotopic (exact) mass is 342 g/mol. The van der Waals surface area contributed by atoms with Gasteiger partial charge in [0.2, 0.25) is 10.0 Å². The summed E-state index contributed by atoms with van der Waals surface area (Å²) in [7, 11) is -1.72. The highest BCUT2D eigenvalue weighted by molar-refractivity contribution is 7.89. The molecule has 7 heteroatoms. The summed E-state index contributed by atoms with van der Waals surface area (Å²) in [4.78, 5) is 2.61. The highest BCUT2D eigenvalue weighted by atomic mass is 32.2. The fourth-order valence-corrected chi connectivity index (χ4v) is 4.07. The molecule has 0 amide bonds. The molecule has 0 spiro atoms. The van der Waals surface area contributed by atoms with Gasteiger partial charge >= 0.3 is 0 Å². The summed E-state index contributed by atoms with van der Waals surface area (Å²) in [6, 6.07) is 6.64. The number of rotatable bonds is 8. The lowest BCUT2D eigenvalue weighted by Crippen LogP contribution is -2.48. The van der Waals surface area contributed by atoms with Crippen molar-refractivity contribution in [1.82, 2.24) is 9.21 Å². The molecule has 0 bridgehead atoms. The first-order valence-electron chi connectivity index (χ1n) is 8.02. The maximum atomic E-state index is 12.7. The van der Waals surface area contributed by atoms with Crippen molar-refractivity contribution in [3.63, 3.8) is 0 Å². The van der Waals surface area contributed by atoms with Gasteiger partial charge in [-0.3, -0.25) is 0 Å². The minimum atomic E-state index is -3.42. The van der Waals surface area contributed by atoms with Crippen LogP contribution in [-0.4, -0.2) is 70.7 Å². The van der Waals surface area contributed by atoms with E-state index in [-0.39, 0.29) is 0 Å². The number of piperazine rings is 1. The first-order chi connectivity index (χ1) is 11.1. The van der Waals surface area contributed by atoms with E-state index in [1.807, 2.05) is 6.92 Å². The van der Waals surface area contributed by atoms with E-state index >= 15 is 0 Å². The van der Waals surface area contributed by atoms with Crippen LogP contribution in [-0.2, 0) is 14.8 Å². The van der Waals surface area contributed by atoms with Gasteiger partial charge < -0.3 is 14.4 Å². The van der Waals surface area contributed by atoms with Crippen LogP contribution in [0.4, 0.5) is 0 Å². The molecule has 1 saturated heterocycles. The third-order valence-corrected chi connectivity index (χ3v) is 5.84. The highest BCUT2D eigenvalue weighted by Gasteiger charge is 2.28. The molecule has 130 valence electrons. The van der Waals surface area contributed by atoms with Gasteiger partial charge in [-0.15, -0.1) is 0 Å². The van der Waals surface area contributed by atoms with Crippen LogP contribution in [0, 0.1) is 0 Å². The number of hydrogen-bond donors (Lipinski definition) is 0. The van der Waals surface area contributed by atoms with Gasteiger partial charge in [-0.25, -0.2) is 8.42 Å². The molecule has 1 aliphatic rings. The van der Waals surface area contributed by atoms with E-state index in [1.165, 1.54) is 0 Å². The molecule has 1 aromatic carbocycles. The van der Waals surface area contributed by atoms with Crippen molar-refractivity contribution in [3.8, 4) is 5.75 Å². The lowest BCUT2D eigenvalue weighted by atomic mass is 10.3. The van der Waals surface area contributed by atoms with Gasteiger partial charge in [-0.2, -0.15) is 4.31 Å². The fourth-order valence-electron chi connectivity index (χ4n) is 2.65. The van der Waals surface area contributed by atoms with Crippen molar-refractivity contribution >= 4 is 10.0 Å². The second-order valence-corrected chi connectivity index (χ2v) is 7.43. The summed E-state index contributed by atoms with van der Waals surface area (Å²) in [5.74, 6) is 0.689. The zero-order chi connectivity index (χ0) is 16.7. The Balaban J connectivity index is 1.93. The number of benzene rings is 1. The van der Waals surface area contributed by atoms with Gasteiger partial charge in [-0.05, 0) is 37.6 Å². The summed E-state index contributed by atoms with van der Waals surface area (Å²) < 4.78 is 37.3. The summed E-state index contributed by atoms with van der Waals surface area (Å²) in [5, 5.41) is 0. The molecule has 0 radical (unpaired) electrons. The molecular weight excluding hydrogens is 316 g/mol. The second-order valence-electron chi connectivity index (χ2n) is 5.50. The normalized spacial score (nSPS) is 17.3. The Bertz CT molecular complexity index is 566. The van der Waals surface area contributed by atoms with E-state index in [2.05, 4.69) is 4.90 Å². The molecule has 0 saturated carbocycles. The van der Waals surface area contributed by atoms with E-state index in [0.29, 0.717) is 30.3 Å². The van der Waals surface area contributed by atoms with Crippen molar-refractivity contribution in [3.05, 3.63) is 24.3 Å². The average molecular weight is 342 g/mol. The SMILES string of the molecule is CCOc1ccc(S(=O)(=O)N2CCN(CCCOC)CC2)cc1. The first kappa shape index (κ1) is 18.2. The summed E-state index contributed by atoms with van der Waals surface area (Å²) in [5.41, 5.74) is 0. The minimum absolute atomic E-state index is 0.328. The van der Waals surface area contributed by atoms with Crippen LogP contribution in [0.3, 0.4) is 0 Å². The largest absolute Gasteiger partial charge is 0.494 e. The Hall–Kier alpha value is -1.15. The fraction of sp³-hybridized carbons (Fsp3) is 0.625. The lowest BCUT2D eigenvalue weighted by Gasteiger charge is -2.33. The number of methoxy groups -OCH3 is 1. The van der Waals surface area contributed by atoms with Gasteiger partial charge in [0.15, 0.2) is 0 Å². The highest BCUT2D eigenvalue weighted by Crippen LogP contribution is 2.20. The zero-order valence-electron chi connectivity index (χ0n) is 13.9. The number of ether oxygens (including phenoxy) is 2. The van der Waals surface area contributed by atoms with Gasteiger partial charge in [0, 0.05) is 46.4 Å². The van der Waals surface area contributed by atoms with E-state index in [9.17, 15) is 8.42 Å². The van der Waals surface area contributed by atoms with Crippen LogP contribution < -0.4 is 4.74 Å². The number of hydrogen-bond acceptors (Lipinski definition) is 5. The molecule has 6 nitrogen and oxygen atoms in total. The third kappa shape index (κ3) is 4.91. The molecule has 0 aromatic heterocycles. The van der Waals surface area contributed by atoms with Crippen LogP contribution in [0.25, 0.3) is 0 Å². The predicted octanol–water partition coefficient (Wildman–Crippen LogP) is 1.43. The topological polar surface area (TPSA) is 59.1 Å². The molecule has 1 aromatic rings. The maximum Gasteiger partial charge on any atom is 0.243 e. The van der Waals surface area contributed by atoms with E-state index in [0.717, 1.165) is 32.7 Å². The van der Waals surface area contributed by atoms with Crippen LogP contribution in [0.2, 0.25) is 0 Å². The zero-order valence-corrected chi connectivity index (χ0v) is 14.7.